The van der Waals surface area contributed by atoms with Crippen LogP contribution < -0.4 is 25.9 Å². The van der Waals surface area contributed by atoms with Gasteiger partial charge in [0.2, 0.25) is 11.8 Å². The van der Waals surface area contributed by atoms with Gasteiger partial charge in [-0.15, -0.1) is 0 Å². The molecule has 7 rings (SSSR count). The van der Waals surface area contributed by atoms with Gasteiger partial charge in [-0.25, -0.2) is 0 Å². The normalized spacial score (nSPS) is 24.6. The van der Waals surface area contributed by atoms with Crippen LogP contribution in [0.5, 0.6) is 23.3 Å². The molecule has 2 aliphatic carbocycles. The summed E-state index contributed by atoms with van der Waals surface area (Å²) in [5.74, 6) is 4.94. The second-order valence-corrected chi connectivity index (χ2v) is 9.72. The Morgan fingerprint density at radius 1 is 0.867 bits per heavy atom. The van der Waals surface area contributed by atoms with Crippen LogP contribution in [-0.2, 0) is 5.41 Å². The number of hydrogen-bond acceptors (Lipinski definition) is 4. The van der Waals surface area contributed by atoms with Gasteiger partial charge in [0.05, 0.1) is 5.46 Å². The Morgan fingerprint density at radius 3 is 1.93 bits per heavy atom. The van der Waals surface area contributed by atoms with E-state index in [1.54, 1.807) is 0 Å². The molecule has 0 amide bonds. The van der Waals surface area contributed by atoms with Gasteiger partial charge in [-0.1, -0.05) is 35.4 Å². The van der Waals surface area contributed by atoms with Crippen molar-refractivity contribution in [1.29, 1.82) is 0 Å². The van der Waals surface area contributed by atoms with Crippen molar-refractivity contribution in [3.05, 3.63) is 53.3 Å². The van der Waals surface area contributed by atoms with Crippen LogP contribution in [0, 0.1) is 19.8 Å². The highest BCUT2D eigenvalue weighted by molar-refractivity contribution is 6.98. The number of hydrogen-bond donors (Lipinski definition) is 0. The van der Waals surface area contributed by atoms with Crippen LogP contribution >= 0.6 is 0 Å². The van der Waals surface area contributed by atoms with Gasteiger partial charge >= 0.3 is 0 Å². The average Bonchev–Trinajstić information content (AvgIpc) is 3.36. The fraction of sp³-hybridized carbons (Fsp3) is 0.360. The molecule has 1 aromatic heterocycles. The highest BCUT2D eigenvalue weighted by atomic mass is 16.5. The van der Waals surface area contributed by atoms with E-state index in [0.717, 1.165) is 28.7 Å². The van der Waals surface area contributed by atoms with Crippen LogP contribution in [0.2, 0.25) is 0 Å². The Morgan fingerprint density at radius 2 is 1.43 bits per heavy atom. The lowest BCUT2D eigenvalue weighted by molar-refractivity contribution is 0.373. The minimum Gasteiger partial charge on any atom is -0.440 e. The van der Waals surface area contributed by atoms with Crippen molar-refractivity contribution in [3.8, 4) is 23.3 Å². The molecule has 148 valence electrons. The van der Waals surface area contributed by atoms with E-state index in [9.17, 15) is 0 Å². The molecule has 4 nitrogen and oxygen atoms in total. The maximum atomic E-state index is 6.40. The summed E-state index contributed by atoms with van der Waals surface area (Å²) in [7, 11) is 0. The summed E-state index contributed by atoms with van der Waals surface area (Å²) in [5.41, 5.74) is 5.90. The highest BCUT2D eigenvalue weighted by Gasteiger charge is 2.50. The molecule has 2 bridgehead atoms. The molecule has 0 saturated heterocycles. The van der Waals surface area contributed by atoms with Crippen molar-refractivity contribution < 1.29 is 9.47 Å². The van der Waals surface area contributed by atoms with Crippen LogP contribution in [0.25, 0.3) is 0 Å². The van der Waals surface area contributed by atoms with Crippen LogP contribution in [0.15, 0.2) is 36.4 Å². The summed E-state index contributed by atoms with van der Waals surface area (Å²) < 4.78 is 12.8. The minimum absolute atomic E-state index is 0.0498. The molecule has 2 aromatic carbocycles. The van der Waals surface area contributed by atoms with Gasteiger partial charge in [0, 0.05) is 5.41 Å². The largest absolute Gasteiger partial charge is 0.440 e. The first kappa shape index (κ1) is 16.9. The van der Waals surface area contributed by atoms with Crippen molar-refractivity contribution in [2.24, 2.45) is 5.92 Å². The molecular formula is C25H23BN2O2. The lowest BCUT2D eigenvalue weighted by atomic mass is 9.35. The lowest BCUT2D eigenvalue weighted by Gasteiger charge is -2.34. The molecule has 5 heteroatoms. The summed E-state index contributed by atoms with van der Waals surface area (Å²) in [5, 5.41) is 0. The van der Waals surface area contributed by atoms with E-state index in [1.165, 1.54) is 54.2 Å². The molecule has 0 unspecified atom stereocenters. The van der Waals surface area contributed by atoms with E-state index in [0.29, 0.717) is 11.8 Å². The SMILES string of the molecule is Cc1ccc2c(c1)B1c3cc(C)ccc3Oc3nc(C45CCC(CC4)C5)nc(c31)O2. The monoisotopic (exact) mass is 394 g/mol. The van der Waals surface area contributed by atoms with E-state index in [-0.39, 0.29) is 12.1 Å². The molecule has 3 heterocycles. The standard InChI is InChI=1S/C25H23BN2O2/c1-14-3-5-19-17(11-14)26-18-12-15(2)4-6-20(18)30-23-21(26)22(29-19)27-24(28-23)25-9-7-16(13-25)8-10-25/h3-6,11-12,16H,7-10,13H2,1-2H3. The first-order chi connectivity index (χ1) is 14.6. The van der Waals surface area contributed by atoms with Crippen LogP contribution in [-0.4, -0.2) is 16.7 Å². The number of fused-ring (bicyclic) bond motifs is 6. The third-order valence-electron chi connectivity index (χ3n) is 7.75. The van der Waals surface area contributed by atoms with Gasteiger partial charge in [-0.05, 0) is 74.9 Å². The van der Waals surface area contributed by atoms with Crippen molar-refractivity contribution in [2.45, 2.75) is 51.4 Å². The quantitative estimate of drug-likeness (QED) is 0.407. The van der Waals surface area contributed by atoms with Crippen molar-refractivity contribution in [2.75, 3.05) is 0 Å². The van der Waals surface area contributed by atoms with Crippen LogP contribution in [0.4, 0.5) is 0 Å². The van der Waals surface area contributed by atoms with E-state index in [2.05, 4.69) is 50.2 Å². The summed E-state index contributed by atoms with van der Waals surface area (Å²) in [6.07, 6.45) is 6.17. The third-order valence-corrected chi connectivity index (χ3v) is 7.75. The number of ether oxygens (including phenoxy) is 2. The summed E-state index contributed by atoms with van der Waals surface area (Å²) in [6.45, 7) is 4.30. The first-order valence-electron chi connectivity index (χ1n) is 11.1. The van der Waals surface area contributed by atoms with Crippen LogP contribution in [0.1, 0.15) is 49.1 Å². The topological polar surface area (TPSA) is 44.2 Å². The van der Waals surface area contributed by atoms with Gasteiger partial charge < -0.3 is 9.47 Å². The van der Waals surface area contributed by atoms with Crippen LogP contribution in [0.3, 0.4) is 0 Å². The molecule has 0 spiro atoms. The van der Waals surface area contributed by atoms with Gasteiger partial charge in [0.1, 0.15) is 17.3 Å². The first-order valence-corrected chi connectivity index (χ1v) is 11.1. The zero-order chi connectivity index (χ0) is 20.0. The Bertz CT molecular complexity index is 1150. The Balaban J connectivity index is 1.48. The molecule has 2 aliphatic heterocycles. The van der Waals surface area contributed by atoms with E-state index >= 15 is 0 Å². The second kappa shape index (κ2) is 5.66. The maximum Gasteiger partial charge on any atom is 0.265 e. The smallest absolute Gasteiger partial charge is 0.265 e. The Kier molecular flexibility index (Phi) is 3.19. The summed E-state index contributed by atoms with van der Waals surface area (Å²) in [4.78, 5) is 10.1. The maximum absolute atomic E-state index is 6.40. The molecule has 0 radical (unpaired) electrons. The molecule has 0 atom stereocenters. The molecule has 30 heavy (non-hydrogen) atoms. The number of rotatable bonds is 1. The van der Waals surface area contributed by atoms with Gasteiger partial charge in [-0.2, -0.15) is 9.97 Å². The van der Waals surface area contributed by atoms with E-state index in [1.807, 2.05) is 0 Å². The summed E-state index contributed by atoms with van der Waals surface area (Å²) in [6, 6.07) is 12.9. The molecule has 2 fully saturated rings. The van der Waals surface area contributed by atoms with E-state index in [4.69, 9.17) is 19.4 Å². The Hall–Kier alpha value is -2.82. The Labute approximate surface area is 176 Å². The molecule has 4 aliphatic rings. The predicted octanol–water partition coefficient (Wildman–Crippen LogP) is 3.65. The third kappa shape index (κ3) is 2.18. The lowest BCUT2D eigenvalue weighted by Crippen LogP contribution is -2.58. The van der Waals surface area contributed by atoms with Crippen molar-refractivity contribution in [3.63, 3.8) is 0 Å². The minimum atomic E-state index is 0.0498. The number of nitrogens with zero attached hydrogens (tertiary/aromatic N) is 2. The second-order valence-electron chi connectivity index (χ2n) is 9.72. The molecule has 0 N–H and O–H groups in total. The predicted molar refractivity (Wildman–Crippen MR) is 117 cm³/mol. The van der Waals surface area contributed by atoms with E-state index < -0.39 is 0 Å². The fourth-order valence-electron chi connectivity index (χ4n) is 6.23. The molecule has 2 saturated carbocycles. The van der Waals surface area contributed by atoms with Crippen molar-refractivity contribution in [1.82, 2.24) is 9.97 Å². The zero-order valence-electron chi connectivity index (χ0n) is 17.4. The van der Waals surface area contributed by atoms with Crippen molar-refractivity contribution >= 4 is 23.1 Å². The average molecular weight is 394 g/mol. The number of aromatic nitrogens is 2. The van der Waals surface area contributed by atoms with Gasteiger partial charge in [0.25, 0.3) is 6.71 Å². The highest BCUT2D eigenvalue weighted by Crippen LogP contribution is 2.55. The number of benzene rings is 2. The number of aryl methyl sites for hydroxylation is 2. The fourth-order valence-corrected chi connectivity index (χ4v) is 6.23. The van der Waals surface area contributed by atoms with Gasteiger partial charge in [-0.3, -0.25) is 0 Å². The molecule has 3 aromatic rings. The molecular weight excluding hydrogens is 371 g/mol. The zero-order valence-corrected chi connectivity index (χ0v) is 17.4. The van der Waals surface area contributed by atoms with Gasteiger partial charge in [0.15, 0.2) is 0 Å². The summed E-state index contributed by atoms with van der Waals surface area (Å²) >= 11 is 0.